The summed E-state index contributed by atoms with van der Waals surface area (Å²) in [5.41, 5.74) is 5.55. The Balaban J connectivity index is 2.34. The molecule has 5 nitrogen and oxygen atoms in total. The molecule has 1 aromatic rings. The fraction of sp³-hybridized carbons (Fsp3) is 0.200. The van der Waals surface area contributed by atoms with Gasteiger partial charge in [-0.2, -0.15) is 0 Å². The lowest BCUT2D eigenvalue weighted by Gasteiger charge is -2.05. The number of nitrogens with two attached hydrogens (primary N) is 1. The van der Waals surface area contributed by atoms with Gasteiger partial charge in [-0.25, -0.2) is 0 Å². The summed E-state index contributed by atoms with van der Waals surface area (Å²) in [6.45, 7) is 0.0135. The number of primary amides is 1. The van der Waals surface area contributed by atoms with Crippen LogP contribution in [0.2, 0.25) is 5.02 Å². The van der Waals surface area contributed by atoms with Crippen LogP contribution < -0.4 is 16.4 Å². The highest BCUT2D eigenvalue weighted by molar-refractivity contribution is 6.30. The molecule has 0 saturated heterocycles. The lowest BCUT2D eigenvalue weighted by Crippen LogP contribution is -2.34. The Morgan fingerprint density at radius 2 is 1.81 bits per heavy atom. The van der Waals surface area contributed by atoms with E-state index in [0.29, 0.717) is 10.7 Å². The molecule has 16 heavy (non-hydrogen) atoms. The van der Waals surface area contributed by atoms with Crippen LogP contribution in [-0.4, -0.2) is 24.9 Å². The largest absolute Gasteiger partial charge is 0.369 e. The molecular weight excluding hydrogens is 230 g/mol. The molecular formula is C10H12ClN3O2. The second kappa shape index (κ2) is 6.09. The van der Waals surface area contributed by atoms with Crippen molar-refractivity contribution in [2.24, 2.45) is 5.73 Å². The molecule has 1 rings (SSSR count). The molecule has 86 valence electrons. The van der Waals surface area contributed by atoms with Crippen LogP contribution in [0.5, 0.6) is 0 Å². The Kier molecular flexibility index (Phi) is 4.75. The topological polar surface area (TPSA) is 84.2 Å². The van der Waals surface area contributed by atoms with Crippen LogP contribution in [-0.2, 0) is 9.59 Å². The zero-order valence-electron chi connectivity index (χ0n) is 8.50. The van der Waals surface area contributed by atoms with Crippen molar-refractivity contribution < 1.29 is 9.59 Å². The van der Waals surface area contributed by atoms with Gasteiger partial charge in [0.05, 0.1) is 13.1 Å². The van der Waals surface area contributed by atoms with E-state index in [2.05, 4.69) is 10.6 Å². The molecule has 0 spiro atoms. The number of hydrogen-bond donors (Lipinski definition) is 3. The number of anilines is 1. The van der Waals surface area contributed by atoms with Crippen molar-refractivity contribution in [3.63, 3.8) is 0 Å². The second-order valence-electron chi connectivity index (χ2n) is 3.12. The maximum Gasteiger partial charge on any atom is 0.238 e. The van der Waals surface area contributed by atoms with Gasteiger partial charge in [0.25, 0.3) is 0 Å². The molecule has 4 N–H and O–H groups in total. The lowest BCUT2D eigenvalue weighted by molar-refractivity contribution is -0.117. The third-order valence-electron chi connectivity index (χ3n) is 1.71. The quantitative estimate of drug-likeness (QED) is 0.696. The minimum atomic E-state index is -0.501. The van der Waals surface area contributed by atoms with E-state index in [0.717, 1.165) is 0 Å². The van der Waals surface area contributed by atoms with Crippen molar-refractivity contribution in [2.75, 3.05) is 18.4 Å². The van der Waals surface area contributed by atoms with Crippen LogP contribution in [0.1, 0.15) is 0 Å². The fourth-order valence-corrected chi connectivity index (χ4v) is 1.16. The predicted molar refractivity (Wildman–Crippen MR) is 62.1 cm³/mol. The minimum Gasteiger partial charge on any atom is -0.369 e. The van der Waals surface area contributed by atoms with Gasteiger partial charge in [0, 0.05) is 10.7 Å². The molecule has 0 unspecified atom stereocenters. The maximum atomic E-state index is 11.3. The predicted octanol–water partition coefficient (Wildman–Crippen LogP) is 0.353. The first kappa shape index (κ1) is 12.5. The van der Waals surface area contributed by atoms with Crippen LogP contribution in [0.15, 0.2) is 24.3 Å². The van der Waals surface area contributed by atoms with Crippen molar-refractivity contribution >= 4 is 29.1 Å². The Hall–Kier alpha value is -1.59. The maximum absolute atomic E-state index is 11.3. The number of rotatable bonds is 5. The zero-order valence-corrected chi connectivity index (χ0v) is 9.25. The molecule has 0 fully saturated rings. The first-order valence-corrected chi connectivity index (χ1v) is 5.00. The Morgan fingerprint density at radius 3 is 2.38 bits per heavy atom. The van der Waals surface area contributed by atoms with Crippen LogP contribution in [0.3, 0.4) is 0 Å². The van der Waals surface area contributed by atoms with E-state index in [9.17, 15) is 9.59 Å². The van der Waals surface area contributed by atoms with Crippen LogP contribution in [0, 0.1) is 0 Å². The summed E-state index contributed by atoms with van der Waals surface area (Å²) in [5, 5.41) is 5.84. The van der Waals surface area contributed by atoms with E-state index < -0.39 is 5.91 Å². The number of halogens is 1. The molecule has 6 heteroatoms. The van der Waals surface area contributed by atoms with Gasteiger partial charge in [-0.05, 0) is 24.3 Å². The standard InChI is InChI=1S/C10H12ClN3O2/c11-7-1-3-8(4-2-7)14-10(16)6-13-5-9(12)15/h1-4,13H,5-6H2,(H2,12,15)(H,14,16). The summed E-state index contributed by atoms with van der Waals surface area (Å²) in [6.07, 6.45) is 0. The fourth-order valence-electron chi connectivity index (χ4n) is 1.04. The van der Waals surface area contributed by atoms with E-state index in [4.69, 9.17) is 17.3 Å². The highest BCUT2D eigenvalue weighted by Gasteiger charge is 2.02. The third kappa shape index (κ3) is 4.77. The molecule has 0 saturated carbocycles. The summed E-state index contributed by atoms with van der Waals surface area (Å²) in [7, 11) is 0. The van der Waals surface area contributed by atoms with Crippen molar-refractivity contribution in [1.29, 1.82) is 0 Å². The summed E-state index contributed by atoms with van der Waals surface area (Å²) < 4.78 is 0. The lowest BCUT2D eigenvalue weighted by atomic mass is 10.3. The zero-order chi connectivity index (χ0) is 12.0. The van der Waals surface area contributed by atoms with Crippen LogP contribution in [0.4, 0.5) is 5.69 Å². The number of carbonyl (C=O) groups is 2. The molecule has 0 heterocycles. The van der Waals surface area contributed by atoms with Crippen molar-refractivity contribution in [1.82, 2.24) is 5.32 Å². The highest BCUT2D eigenvalue weighted by Crippen LogP contribution is 2.12. The number of nitrogens with one attached hydrogen (secondary N) is 2. The van der Waals surface area contributed by atoms with Gasteiger partial charge in [0.15, 0.2) is 0 Å². The van der Waals surface area contributed by atoms with Gasteiger partial charge in [0.2, 0.25) is 11.8 Å². The molecule has 0 atom stereocenters. The second-order valence-corrected chi connectivity index (χ2v) is 3.56. The molecule has 1 aromatic carbocycles. The van der Waals surface area contributed by atoms with E-state index in [1.54, 1.807) is 24.3 Å². The Morgan fingerprint density at radius 1 is 1.19 bits per heavy atom. The van der Waals surface area contributed by atoms with Gasteiger partial charge >= 0.3 is 0 Å². The Labute approximate surface area is 98.0 Å². The molecule has 0 aliphatic rings. The number of carbonyl (C=O) groups excluding carboxylic acids is 2. The average molecular weight is 242 g/mol. The summed E-state index contributed by atoms with van der Waals surface area (Å²) >= 11 is 5.69. The van der Waals surface area contributed by atoms with Gasteiger partial charge in [-0.1, -0.05) is 11.6 Å². The van der Waals surface area contributed by atoms with Crippen LogP contribution in [0.25, 0.3) is 0 Å². The van der Waals surface area contributed by atoms with Crippen LogP contribution >= 0.6 is 11.6 Å². The van der Waals surface area contributed by atoms with E-state index >= 15 is 0 Å². The normalized spacial score (nSPS) is 9.81. The van der Waals surface area contributed by atoms with Crippen molar-refractivity contribution in [3.8, 4) is 0 Å². The van der Waals surface area contributed by atoms with E-state index in [1.807, 2.05) is 0 Å². The smallest absolute Gasteiger partial charge is 0.238 e. The van der Waals surface area contributed by atoms with Gasteiger partial charge in [-0.3, -0.25) is 14.9 Å². The van der Waals surface area contributed by atoms with Gasteiger partial charge in [0.1, 0.15) is 0 Å². The summed E-state index contributed by atoms with van der Waals surface area (Å²) in [5.74, 6) is -0.747. The van der Waals surface area contributed by atoms with E-state index in [-0.39, 0.29) is 19.0 Å². The Bertz CT molecular complexity index is 378. The molecule has 0 radical (unpaired) electrons. The molecule has 0 aliphatic heterocycles. The summed E-state index contributed by atoms with van der Waals surface area (Å²) in [4.78, 5) is 21.7. The number of benzene rings is 1. The number of amides is 2. The molecule has 2 amide bonds. The van der Waals surface area contributed by atoms with Crippen molar-refractivity contribution in [3.05, 3.63) is 29.3 Å². The third-order valence-corrected chi connectivity index (χ3v) is 1.96. The first-order valence-electron chi connectivity index (χ1n) is 4.62. The highest BCUT2D eigenvalue weighted by atomic mass is 35.5. The molecule has 0 aliphatic carbocycles. The van der Waals surface area contributed by atoms with E-state index in [1.165, 1.54) is 0 Å². The first-order chi connectivity index (χ1) is 7.58. The SMILES string of the molecule is NC(=O)CNCC(=O)Nc1ccc(Cl)cc1. The van der Waals surface area contributed by atoms with Gasteiger partial charge in [-0.15, -0.1) is 0 Å². The average Bonchev–Trinajstić information content (AvgIpc) is 2.21. The monoisotopic (exact) mass is 241 g/mol. The molecule has 0 bridgehead atoms. The van der Waals surface area contributed by atoms with Gasteiger partial charge < -0.3 is 11.1 Å². The number of hydrogen-bond acceptors (Lipinski definition) is 3. The summed E-state index contributed by atoms with van der Waals surface area (Å²) in [6, 6.07) is 6.73. The molecule has 0 aromatic heterocycles. The van der Waals surface area contributed by atoms with Crippen molar-refractivity contribution in [2.45, 2.75) is 0 Å². The minimum absolute atomic E-state index is 0.0198.